The van der Waals surface area contributed by atoms with E-state index in [4.69, 9.17) is 0 Å². The van der Waals surface area contributed by atoms with Crippen LogP contribution in [0.5, 0.6) is 12.0 Å². The highest BCUT2D eigenvalue weighted by molar-refractivity contribution is 6.22. The largest absolute Gasteiger partial charge is 0.460 e. The zero-order valence-electron chi connectivity index (χ0n) is 39.7. The molecule has 5 aromatic rings. The molecule has 0 bridgehead atoms. The SMILES string of the molecule is FC(F)(F)C(F)(F)C(F)(F)C(F)(F)COc1nc(OCC(F)(F)C(F)(F)C(F)(F)C(F)(F)F)nc(N2CCN(c3cc(C(F)(F)C(F)(F)C(F)(F)C(F)(F)F)cc(C(F)(F)C(F)(F)C(F)(F)C(F)(F)F)n3)c3c2c2ccccc2c2ccccc32)n1. The number of anilines is 4. The van der Waals surface area contributed by atoms with Gasteiger partial charge in [-0.25, -0.2) is 4.98 Å². The molecule has 0 amide bonds. The summed E-state index contributed by atoms with van der Waals surface area (Å²) in [6.45, 7) is -10.6. The maximum absolute atomic E-state index is 15.8. The summed E-state index contributed by atoms with van der Waals surface area (Å²) in [6.07, 6.45) is -30.8. The van der Waals surface area contributed by atoms with E-state index in [9.17, 15) is 132 Å². The molecule has 0 N–H and O–H groups in total. The number of benzene rings is 3. The normalized spacial score (nSPS) is 15.9. The lowest BCUT2D eigenvalue weighted by molar-refractivity contribution is -0.401. The predicted octanol–water partition coefficient (Wildman–Crippen LogP) is 16.4. The van der Waals surface area contributed by atoms with Crippen molar-refractivity contribution >= 4 is 44.7 Å². The molecule has 0 aliphatic carbocycles. The molecule has 1 aliphatic heterocycles. The smallest absolute Gasteiger partial charge is 0.457 e. The molecule has 86 heavy (non-hydrogen) atoms. The highest BCUT2D eigenvalue weighted by atomic mass is 19.5. The Morgan fingerprint density at radius 3 is 1.01 bits per heavy atom. The van der Waals surface area contributed by atoms with Crippen LogP contribution in [-0.4, -0.2) is 130 Å². The average molecular weight is 1320 g/mol. The highest BCUT2D eigenvalue weighted by Crippen LogP contribution is 2.61. The van der Waals surface area contributed by atoms with Gasteiger partial charge >= 0.3 is 108 Å². The Morgan fingerprint density at radius 2 is 0.651 bits per heavy atom. The van der Waals surface area contributed by atoms with Crippen molar-refractivity contribution in [3.05, 3.63) is 71.9 Å². The quantitative estimate of drug-likeness (QED) is 0.0634. The lowest BCUT2D eigenvalue weighted by atomic mass is 9.93. The fourth-order valence-electron chi connectivity index (χ4n) is 7.48. The van der Waals surface area contributed by atoms with Gasteiger partial charge in [0.05, 0.1) is 11.4 Å². The third kappa shape index (κ3) is 10.3. The zero-order chi connectivity index (χ0) is 66.2. The third-order valence-corrected chi connectivity index (χ3v) is 12.0. The number of halogens is 36. The predicted molar refractivity (Wildman–Crippen MR) is 212 cm³/mol. The number of hydrogen-bond acceptors (Lipinski definition) is 8. The maximum Gasteiger partial charge on any atom is 0.460 e. The van der Waals surface area contributed by atoms with E-state index in [0.29, 0.717) is 0 Å². The van der Waals surface area contributed by atoms with Gasteiger partial charge in [-0.2, -0.15) is 168 Å². The summed E-state index contributed by atoms with van der Waals surface area (Å²) < 4.78 is 515. The topological polar surface area (TPSA) is 76.5 Å². The molecule has 0 spiro atoms. The molecule has 480 valence electrons. The summed E-state index contributed by atoms with van der Waals surface area (Å²) in [5, 5.41) is -2.20. The lowest BCUT2D eigenvalue weighted by Gasteiger charge is -2.40. The van der Waals surface area contributed by atoms with Gasteiger partial charge in [-0.15, -0.1) is 4.98 Å². The standard InChI is InChI=1S/C42H18F36N6O2/c43-27(44,31(51,52)35(59,60)39(67,68)69)13-85-25-80-24(81-26(82-25)86-14-28(45,46)32(53,54)36(61,62)40(70,71)72)84-10-9-83(22-18-7-3-1-5-16(18)17-6-2-4-8-19(17)23(22)84)21-12-15(29(47,48)33(55,56)37(63,64)41(73,74)75)11-20(79-21)30(49,50)34(57,58)38(65,66)42(76,77)78/h1-8,11-12H,9-10,13-14H2. The first-order chi connectivity index (χ1) is 38.3. The van der Waals surface area contributed by atoms with Crippen molar-refractivity contribution in [3.8, 4) is 12.0 Å². The van der Waals surface area contributed by atoms with Crippen LogP contribution < -0.4 is 19.3 Å². The van der Waals surface area contributed by atoms with Crippen molar-refractivity contribution in [1.82, 2.24) is 19.9 Å². The van der Waals surface area contributed by atoms with Crippen LogP contribution in [0.4, 0.5) is 181 Å². The molecule has 8 nitrogen and oxygen atoms in total. The fraction of sp³-hybridized carbons (Fsp3) is 0.476. The number of rotatable bonds is 18. The molecule has 6 rings (SSSR count). The summed E-state index contributed by atoms with van der Waals surface area (Å²) in [4.78, 5) is 11.4. The second-order valence-electron chi connectivity index (χ2n) is 17.6. The number of alkyl halides is 36. The Hall–Kier alpha value is -6.98. The van der Waals surface area contributed by atoms with Crippen LogP contribution in [0.1, 0.15) is 11.3 Å². The number of hydrogen-bond donors (Lipinski definition) is 0. The van der Waals surface area contributed by atoms with E-state index in [1.54, 1.807) is 0 Å². The molecule has 44 heteroatoms. The average Bonchev–Trinajstić information content (AvgIpc) is 0.777. The minimum absolute atomic E-state index is 0.126. The number of pyridine rings is 1. The lowest BCUT2D eigenvalue weighted by Crippen LogP contribution is -2.62. The first-order valence-corrected chi connectivity index (χ1v) is 21.6. The zero-order valence-corrected chi connectivity index (χ0v) is 39.7. The fourth-order valence-corrected chi connectivity index (χ4v) is 7.48. The monoisotopic (exact) mass is 1320 g/mol. The van der Waals surface area contributed by atoms with Gasteiger partial charge in [0.2, 0.25) is 5.95 Å². The Kier molecular flexibility index (Phi) is 16.1. The van der Waals surface area contributed by atoms with Gasteiger partial charge < -0.3 is 19.3 Å². The van der Waals surface area contributed by atoms with E-state index in [-0.39, 0.29) is 15.2 Å². The molecule has 0 unspecified atom stereocenters. The van der Waals surface area contributed by atoms with Crippen LogP contribution in [0, 0.1) is 0 Å². The maximum atomic E-state index is 15.8. The van der Waals surface area contributed by atoms with Crippen molar-refractivity contribution in [3.63, 3.8) is 0 Å². The van der Waals surface area contributed by atoms with Crippen molar-refractivity contribution in [2.75, 3.05) is 36.1 Å². The van der Waals surface area contributed by atoms with Gasteiger partial charge in [0.25, 0.3) is 0 Å². The summed E-state index contributed by atoms with van der Waals surface area (Å²) in [6, 6.07) is -0.391. The molecule has 3 aromatic carbocycles. The van der Waals surface area contributed by atoms with Gasteiger partial charge in [0, 0.05) is 29.4 Å². The minimum Gasteiger partial charge on any atom is -0.457 e. The van der Waals surface area contributed by atoms with E-state index in [1.165, 1.54) is 0 Å². The van der Waals surface area contributed by atoms with Crippen molar-refractivity contribution in [1.29, 1.82) is 0 Å². The van der Waals surface area contributed by atoms with Crippen LogP contribution >= 0.6 is 0 Å². The summed E-state index contributed by atoms with van der Waals surface area (Å²) in [7, 11) is 0. The van der Waals surface area contributed by atoms with Crippen LogP contribution in [0.2, 0.25) is 0 Å². The van der Waals surface area contributed by atoms with E-state index in [1.807, 2.05) is 0 Å². The molecular formula is C42H18F36N6O2. The molecule has 3 heterocycles. The summed E-state index contributed by atoms with van der Waals surface area (Å²) in [5.41, 5.74) is -9.74. The second-order valence-corrected chi connectivity index (χ2v) is 17.6. The van der Waals surface area contributed by atoms with Crippen LogP contribution in [0.3, 0.4) is 0 Å². The molecular weight excluding hydrogens is 1300 g/mol. The van der Waals surface area contributed by atoms with Crippen LogP contribution in [-0.2, 0) is 11.8 Å². The van der Waals surface area contributed by atoms with Gasteiger partial charge in [-0.05, 0) is 22.9 Å². The number of ether oxygens (including phenoxy) is 2. The van der Waals surface area contributed by atoms with Gasteiger partial charge in [0.15, 0.2) is 13.2 Å². The van der Waals surface area contributed by atoms with Gasteiger partial charge in [-0.1, -0.05) is 48.5 Å². The molecule has 1 aliphatic rings. The Labute approximate surface area is 448 Å². The Morgan fingerprint density at radius 1 is 0.337 bits per heavy atom. The third-order valence-electron chi connectivity index (χ3n) is 12.0. The van der Waals surface area contributed by atoms with Crippen molar-refractivity contribution in [2.24, 2.45) is 0 Å². The molecule has 0 saturated heterocycles. The van der Waals surface area contributed by atoms with Gasteiger partial charge in [-0.3, -0.25) is 0 Å². The first-order valence-electron chi connectivity index (χ1n) is 21.6. The summed E-state index contributed by atoms with van der Waals surface area (Å²) >= 11 is 0. The van der Waals surface area contributed by atoms with Crippen LogP contribution in [0.15, 0.2) is 60.7 Å². The summed E-state index contributed by atoms with van der Waals surface area (Å²) in [5.74, 6) is -96.2. The van der Waals surface area contributed by atoms with Crippen molar-refractivity contribution < 1.29 is 168 Å². The number of fused-ring (bicyclic) bond motifs is 6. The van der Waals surface area contributed by atoms with Crippen molar-refractivity contribution in [2.45, 2.75) is 95.8 Å². The number of nitrogens with zero attached hydrogens (tertiary/aromatic N) is 6. The molecule has 2 aromatic heterocycles. The van der Waals surface area contributed by atoms with Gasteiger partial charge in [0.1, 0.15) is 11.5 Å². The van der Waals surface area contributed by atoms with E-state index in [2.05, 4.69) is 29.4 Å². The molecule has 0 radical (unpaired) electrons. The van der Waals surface area contributed by atoms with E-state index < -0.39 is 197 Å². The molecule has 0 atom stereocenters. The Balaban J connectivity index is 1.69. The number of aromatic nitrogens is 4. The first kappa shape index (κ1) is 68.1. The van der Waals surface area contributed by atoms with E-state index >= 15 is 26.3 Å². The molecule has 0 saturated carbocycles. The Bertz CT molecular complexity index is 3210. The minimum atomic E-state index is -8.11. The highest BCUT2D eigenvalue weighted by Gasteiger charge is 2.86. The van der Waals surface area contributed by atoms with E-state index in [0.717, 1.165) is 48.5 Å². The van der Waals surface area contributed by atoms with Crippen LogP contribution in [0.25, 0.3) is 21.5 Å². The molecule has 0 fully saturated rings. The second kappa shape index (κ2) is 20.3.